The number of amides is 2. The smallest absolute Gasteiger partial charge is 0.433 e. The average molecular weight is 446 g/mol. The molecule has 1 aromatic rings. The van der Waals surface area contributed by atoms with Crippen LogP contribution in [0.3, 0.4) is 0 Å². The number of likely N-dealkylation sites (tertiary alicyclic amines) is 1. The van der Waals surface area contributed by atoms with Crippen LogP contribution >= 0.6 is 0 Å². The van der Waals surface area contributed by atoms with E-state index in [0.717, 1.165) is 12.3 Å². The maximum absolute atomic E-state index is 12.9. The Morgan fingerprint density at radius 1 is 1.19 bits per heavy atom. The Labute approximate surface area is 179 Å². The molecule has 0 aliphatic carbocycles. The van der Waals surface area contributed by atoms with Crippen LogP contribution in [0.1, 0.15) is 53.2 Å². The van der Waals surface area contributed by atoms with Gasteiger partial charge in [-0.05, 0) is 32.8 Å². The molecule has 1 aliphatic rings. The largest absolute Gasteiger partial charge is 0.460 e. The summed E-state index contributed by atoms with van der Waals surface area (Å²) in [7, 11) is 0. The van der Waals surface area contributed by atoms with Gasteiger partial charge < -0.3 is 19.7 Å². The fourth-order valence-corrected chi connectivity index (χ4v) is 3.04. The van der Waals surface area contributed by atoms with Crippen LogP contribution < -0.4 is 10.1 Å². The normalized spacial score (nSPS) is 16.7. The van der Waals surface area contributed by atoms with Gasteiger partial charge in [0.15, 0.2) is 5.69 Å². The molecule has 0 spiro atoms. The lowest BCUT2D eigenvalue weighted by Gasteiger charge is -2.35. The molecule has 0 aromatic carbocycles. The highest BCUT2D eigenvalue weighted by Crippen LogP contribution is 2.28. The molecule has 11 heteroatoms. The SMILES string of the molecule is CC(C)[C@H](NC(=O)OC(C)(C)C)C(=O)N1CCC(Oc2nccc(C(F)(F)F)n2)CC1. The van der Waals surface area contributed by atoms with Gasteiger partial charge in [-0.3, -0.25) is 4.79 Å². The molecule has 2 amide bonds. The number of nitrogens with one attached hydrogen (secondary N) is 1. The van der Waals surface area contributed by atoms with E-state index >= 15 is 0 Å². The minimum atomic E-state index is -4.58. The molecule has 0 radical (unpaired) electrons. The maximum atomic E-state index is 12.9. The van der Waals surface area contributed by atoms with E-state index in [2.05, 4.69) is 15.3 Å². The van der Waals surface area contributed by atoms with Crippen LogP contribution in [0.25, 0.3) is 0 Å². The Kier molecular flexibility index (Phi) is 7.72. The van der Waals surface area contributed by atoms with Crippen LogP contribution in [-0.2, 0) is 15.7 Å². The predicted molar refractivity (Wildman–Crippen MR) is 105 cm³/mol. The van der Waals surface area contributed by atoms with Crippen molar-refractivity contribution < 1.29 is 32.2 Å². The van der Waals surface area contributed by atoms with Crippen molar-refractivity contribution in [3.8, 4) is 6.01 Å². The minimum absolute atomic E-state index is 0.160. The van der Waals surface area contributed by atoms with Gasteiger partial charge in [-0.25, -0.2) is 9.78 Å². The molecule has 1 fully saturated rings. The number of piperidine rings is 1. The summed E-state index contributed by atoms with van der Waals surface area (Å²) < 4.78 is 49.1. The van der Waals surface area contributed by atoms with Gasteiger partial charge in [0.1, 0.15) is 17.7 Å². The van der Waals surface area contributed by atoms with Crippen molar-refractivity contribution in [2.24, 2.45) is 5.92 Å². The van der Waals surface area contributed by atoms with Gasteiger partial charge in [0.25, 0.3) is 0 Å². The first-order chi connectivity index (χ1) is 14.3. The van der Waals surface area contributed by atoms with Crippen LogP contribution in [-0.4, -0.2) is 57.7 Å². The zero-order valence-electron chi connectivity index (χ0n) is 18.3. The molecule has 1 atom stereocenters. The van der Waals surface area contributed by atoms with E-state index < -0.39 is 35.7 Å². The van der Waals surface area contributed by atoms with Crippen molar-refractivity contribution in [3.63, 3.8) is 0 Å². The molecule has 1 aliphatic heterocycles. The van der Waals surface area contributed by atoms with E-state index in [4.69, 9.17) is 9.47 Å². The zero-order chi connectivity index (χ0) is 23.4. The highest BCUT2D eigenvalue weighted by Gasteiger charge is 2.35. The number of ether oxygens (including phenoxy) is 2. The van der Waals surface area contributed by atoms with Crippen molar-refractivity contribution in [2.45, 2.75) is 71.4 Å². The number of carbonyl (C=O) groups is 2. The quantitative estimate of drug-likeness (QED) is 0.745. The zero-order valence-corrected chi connectivity index (χ0v) is 18.3. The summed E-state index contributed by atoms with van der Waals surface area (Å²) in [5.74, 6) is -0.401. The summed E-state index contributed by atoms with van der Waals surface area (Å²) in [6.45, 7) is 9.51. The van der Waals surface area contributed by atoms with Crippen molar-refractivity contribution in [1.82, 2.24) is 20.2 Å². The minimum Gasteiger partial charge on any atom is -0.460 e. The first-order valence-corrected chi connectivity index (χ1v) is 10.1. The number of carbonyl (C=O) groups excluding carboxylic acids is 2. The van der Waals surface area contributed by atoms with Gasteiger partial charge in [0, 0.05) is 32.1 Å². The molecular weight excluding hydrogens is 417 g/mol. The fourth-order valence-electron chi connectivity index (χ4n) is 3.04. The number of rotatable bonds is 5. The molecule has 2 rings (SSSR count). The van der Waals surface area contributed by atoms with Gasteiger partial charge >= 0.3 is 18.3 Å². The Balaban J connectivity index is 1.93. The molecule has 0 unspecified atom stereocenters. The third kappa shape index (κ3) is 7.55. The van der Waals surface area contributed by atoms with Crippen molar-refractivity contribution in [1.29, 1.82) is 0 Å². The molecule has 1 saturated heterocycles. The highest BCUT2D eigenvalue weighted by atomic mass is 19.4. The van der Waals surface area contributed by atoms with Crippen molar-refractivity contribution in [3.05, 3.63) is 18.0 Å². The number of nitrogens with zero attached hydrogens (tertiary/aromatic N) is 3. The summed E-state index contributed by atoms with van der Waals surface area (Å²) in [6.07, 6.45) is -3.85. The van der Waals surface area contributed by atoms with Gasteiger partial charge in [-0.15, -0.1) is 0 Å². The van der Waals surface area contributed by atoms with E-state index in [9.17, 15) is 22.8 Å². The Morgan fingerprint density at radius 2 is 1.81 bits per heavy atom. The first kappa shape index (κ1) is 24.7. The van der Waals surface area contributed by atoms with Crippen LogP contribution in [0.15, 0.2) is 12.3 Å². The maximum Gasteiger partial charge on any atom is 0.433 e. The molecule has 1 aromatic heterocycles. The molecule has 31 heavy (non-hydrogen) atoms. The first-order valence-electron chi connectivity index (χ1n) is 10.1. The number of halogens is 3. The average Bonchev–Trinajstić information content (AvgIpc) is 2.64. The van der Waals surface area contributed by atoms with Crippen LogP contribution in [0.4, 0.5) is 18.0 Å². The number of aromatic nitrogens is 2. The number of hydrogen-bond donors (Lipinski definition) is 1. The van der Waals surface area contributed by atoms with E-state index in [0.29, 0.717) is 25.9 Å². The molecular formula is C20H29F3N4O4. The monoisotopic (exact) mass is 446 g/mol. The molecule has 174 valence electrons. The summed E-state index contributed by atoms with van der Waals surface area (Å²) >= 11 is 0. The standard InChI is InChI=1S/C20H29F3N4O4/c1-12(2)15(26-18(29)31-19(3,4)5)16(28)27-10-7-13(8-11-27)30-17-24-9-6-14(25-17)20(21,22)23/h6,9,12-13,15H,7-8,10-11H2,1-5H3,(H,26,29)/t15-/m0/s1. The third-order valence-electron chi connectivity index (χ3n) is 4.55. The van der Waals surface area contributed by atoms with Crippen LogP contribution in [0.2, 0.25) is 0 Å². The summed E-state index contributed by atoms with van der Waals surface area (Å²) in [5.41, 5.74) is -1.76. The number of hydrogen-bond acceptors (Lipinski definition) is 6. The summed E-state index contributed by atoms with van der Waals surface area (Å²) in [6, 6.07) is -0.317. The second-order valence-corrected chi connectivity index (χ2v) is 8.73. The topological polar surface area (TPSA) is 93.7 Å². The van der Waals surface area contributed by atoms with Gasteiger partial charge in [-0.2, -0.15) is 18.2 Å². The predicted octanol–water partition coefficient (Wildman–Crippen LogP) is 3.41. The Hall–Kier alpha value is -2.59. The van der Waals surface area contributed by atoms with E-state index in [1.165, 1.54) is 0 Å². The van der Waals surface area contributed by atoms with Gasteiger partial charge in [0.2, 0.25) is 5.91 Å². The Morgan fingerprint density at radius 3 is 2.32 bits per heavy atom. The van der Waals surface area contributed by atoms with Crippen LogP contribution in [0.5, 0.6) is 6.01 Å². The lowest BCUT2D eigenvalue weighted by molar-refractivity contribution is -0.142. The second kappa shape index (κ2) is 9.69. The lowest BCUT2D eigenvalue weighted by atomic mass is 10.0. The number of alkyl carbamates (subject to hydrolysis) is 1. The molecule has 0 bridgehead atoms. The third-order valence-corrected chi connectivity index (χ3v) is 4.55. The summed E-state index contributed by atoms with van der Waals surface area (Å²) in [5, 5.41) is 2.63. The second-order valence-electron chi connectivity index (χ2n) is 8.73. The van der Waals surface area contributed by atoms with Gasteiger partial charge in [0.05, 0.1) is 0 Å². The number of alkyl halides is 3. The summed E-state index contributed by atoms with van der Waals surface area (Å²) in [4.78, 5) is 33.8. The fraction of sp³-hybridized carbons (Fsp3) is 0.700. The van der Waals surface area contributed by atoms with E-state index in [1.54, 1.807) is 25.7 Å². The molecule has 2 heterocycles. The van der Waals surface area contributed by atoms with E-state index in [-0.39, 0.29) is 17.8 Å². The Bertz CT molecular complexity index is 772. The lowest BCUT2D eigenvalue weighted by Crippen LogP contribution is -2.54. The van der Waals surface area contributed by atoms with Gasteiger partial charge in [-0.1, -0.05) is 13.8 Å². The molecule has 8 nitrogen and oxygen atoms in total. The highest BCUT2D eigenvalue weighted by molar-refractivity contribution is 5.86. The van der Waals surface area contributed by atoms with Crippen LogP contribution in [0, 0.1) is 5.92 Å². The van der Waals surface area contributed by atoms with Crippen molar-refractivity contribution in [2.75, 3.05) is 13.1 Å². The van der Waals surface area contributed by atoms with E-state index in [1.807, 2.05) is 13.8 Å². The van der Waals surface area contributed by atoms with Crippen molar-refractivity contribution >= 4 is 12.0 Å². The molecule has 0 saturated carbocycles. The molecule has 1 N–H and O–H groups in total.